The summed E-state index contributed by atoms with van der Waals surface area (Å²) in [4.78, 5) is 0. The summed E-state index contributed by atoms with van der Waals surface area (Å²) >= 11 is 27.1. The van der Waals surface area contributed by atoms with Crippen LogP contribution < -0.4 is 0 Å². The Morgan fingerprint density at radius 1 is 0.833 bits per heavy atom. The summed E-state index contributed by atoms with van der Waals surface area (Å²) in [5.74, 6) is 1.22. The fourth-order valence-electron chi connectivity index (χ4n) is 1.84. The molecular weight excluding hydrogens is 337 g/mol. The maximum absolute atomic E-state index is 4.69. The monoisotopic (exact) mass is 362 g/mol. The normalized spacial score (nSPS) is 18.7. The van der Waals surface area contributed by atoms with Gasteiger partial charge >= 0.3 is 0 Å². The van der Waals surface area contributed by atoms with Crippen LogP contribution in [-0.2, 0) is 0 Å². The first-order chi connectivity index (χ1) is 8.42. The summed E-state index contributed by atoms with van der Waals surface area (Å²) in [6.45, 7) is 2.17. The number of thiol groups is 6. The van der Waals surface area contributed by atoms with Crippen molar-refractivity contribution in [1.29, 1.82) is 0 Å². The topological polar surface area (TPSA) is 0 Å². The van der Waals surface area contributed by atoms with Gasteiger partial charge in [0.2, 0.25) is 0 Å². The standard InChI is InChI=1S/C12H26S6/c1-2-8(14)3-4-9(15)7-10(12(17)18)11(16)5-6-13/h8-18H,2-7H2,1H3. The predicted molar refractivity (Wildman–Crippen MR) is 106 cm³/mol. The van der Waals surface area contributed by atoms with Gasteiger partial charge in [0, 0.05) is 20.3 Å². The van der Waals surface area contributed by atoms with E-state index in [4.69, 9.17) is 0 Å². The molecule has 0 aliphatic carbocycles. The van der Waals surface area contributed by atoms with Gasteiger partial charge in [0.1, 0.15) is 0 Å². The second-order valence-electron chi connectivity index (χ2n) is 4.69. The molecule has 6 heteroatoms. The molecule has 0 amide bonds. The van der Waals surface area contributed by atoms with E-state index in [1.807, 2.05) is 0 Å². The number of rotatable bonds is 10. The first-order valence-electron chi connectivity index (χ1n) is 6.43. The van der Waals surface area contributed by atoms with Gasteiger partial charge in [-0.25, -0.2) is 0 Å². The molecule has 0 heterocycles. The highest BCUT2D eigenvalue weighted by atomic mass is 32.2. The van der Waals surface area contributed by atoms with Crippen LogP contribution in [0.15, 0.2) is 0 Å². The van der Waals surface area contributed by atoms with Crippen LogP contribution in [0.1, 0.15) is 39.0 Å². The van der Waals surface area contributed by atoms with Crippen LogP contribution >= 0.6 is 75.8 Å². The van der Waals surface area contributed by atoms with E-state index in [1.165, 1.54) is 0 Å². The van der Waals surface area contributed by atoms with E-state index >= 15 is 0 Å². The van der Waals surface area contributed by atoms with Crippen LogP contribution in [0.2, 0.25) is 0 Å². The zero-order valence-electron chi connectivity index (χ0n) is 10.8. The summed E-state index contributed by atoms with van der Waals surface area (Å²) < 4.78 is 0.0556. The van der Waals surface area contributed by atoms with Crippen LogP contribution in [0.4, 0.5) is 0 Å². The third kappa shape index (κ3) is 9.11. The average molecular weight is 363 g/mol. The second-order valence-corrected chi connectivity index (χ2v) is 8.78. The van der Waals surface area contributed by atoms with Crippen molar-refractivity contribution in [3.8, 4) is 0 Å². The molecule has 0 spiro atoms. The van der Waals surface area contributed by atoms with Crippen LogP contribution in [-0.4, -0.2) is 26.1 Å². The van der Waals surface area contributed by atoms with Crippen molar-refractivity contribution in [2.45, 2.75) is 59.4 Å². The Morgan fingerprint density at radius 2 is 1.39 bits per heavy atom. The quantitative estimate of drug-likeness (QED) is 0.238. The number of hydrogen-bond donors (Lipinski definition) is 6. The van der Waals surface area contributed by atoms with Crippen molar-refractivity contribution >= 4 is 75.8 Å². The van der Waals surface area contributed by atoms with Crippen molar-refractivity contribution in [3.63, 3.8) is 0 Å². The summed E-state index contributed by atoms with van der Waals surface area (Å²) in [5.41, 5.74) is 0. The Labute approximate surface area is 146 Å². The van der Waals surface area contributed by atoms with Crippen molar-refractivity contribution in [1.82, 2.24) is 0 Å². The summed E-state index contributed by atoms with van der Waals surface area (Å²) in [5, 5.41) is 1.17. The van der Waals surface area contributed by atoms with Crippen LogP contribution in [0.3, 0.4) is 0 Å². The highest BCUT2D eigenvalue weighted by Crippen LogP contribution is 2.31. The smallest absolute Gasteiger partial charge is 0.0481 e. The van der Waals surface area contributed by atoms with Crippen molar-refractivity contribution in [2.24, 2.45) is 5.92 Å². The molecule has 0 aromatic heterocycles. The van der Waals surface area contributed by atoms with Gasteiger partial charge in [0.15, 0.2) is 0 Å². The lowest BCUT2D eigenvalue weighted by atomic mass is 9.96. The Hall–Kier alpha value is 2.10. The van der Waals surface area contributed by atoms with Crippen LogP contribution in [0.5, 0.6) is 0 Å². The maximum Gasteiger partial charge on any atom is 0.0481 e. The van der Waals surface area contributed by atoms with Gasteiger partial charge in [0.25, 0.3) is 0 Å². The zero-order valence-corrected chi connectivity index (χ0v) is 16.2. The van der Waals surface area contributed by atoms with Crippen molar-refractivity contribution in [2.75, 3.05) is 5.75 Å². The van der Waals surface area contributed by atoms with Crippen LogP contribution in [0, 0.1) is 5.92 Å². The molecule has 0 aromatic carbocycles. The Bertz CT molecular complexity index is 199. The van der Waals surface area contributed by atoms with Gasteiger partial charge in [-0.2, -0.15) is 75.8 Å². The average Bonchev–Trinajstić information content (AvgIpc) is 2.32. The van der Waals surface area contributed by atoms with Gasteiger partial charge in [-0.15, -0.1) is 0 Å². The molecule has 0 radical (unpaired) electrons. The molecule has 110 valence electrons. The van der Waals surface area contributed by atoms with E-state index in [0.29, 0.717) is 21.7 Å². The van der Waals surface area contributed by atoms with E-state index in [-0.39, 0.29) is 4.58 Å². The second kappa shape index (κ2) is 11.7. The van der Waals surface area contributed by atoms with Gasteiger partial charge < -0.3 is 0 Å². The predicted octanol–water partition coefficient (Wildman–Crippen LogP) is 4.58. The molecule has 0 aliphatic rings. The molecule has 0 bridgehead atoms. The zero-order chi connectivity index (χ0) is 14.1. The van der Waals surface area contributed by atoms with E-state index in [9.17, 15) is 0 Å². The first-order valence-corrected chi connectivity index (χ1v) is 9.64. The molecule has 0 fully saturated rings. The molecule has 0 saturated heterocycles. The summed E-state index contributed by atoms with van der Waals surface area (Å²) in [6, 6.07) is 0. The van der Waals surface area contributed by atoms with Crippen molar-refractivity contribution in [3.05, 3.63) is 0 Å². The van der Waals surface area contributed by atoms with E-state index in [0.717, 1.165) is 37.9 Å². The van der Waals surface area contributed by atoms with Gasteiger partial charge in [0.05, 0.1) is 0 Å². The lowest BCUT2D eigenvalue weighted by Gasteiger charge is -2.28. The molecule has 0 nitrogen and oxygen atoms in total. The van der Waals surface area contributed by atoms with Crippen molar-refractivity contribution < 1.29 is 0 Å². The molecule has 0 saturated carbocycles. The molecule has 4 atom stereocenters. The minimum Gasteiger partial charge on any atom is -0.179 e. The van der Waals surface area contributed by atoms with Gasteiger partial charge in [-0.05, 0) is 43.8 Å². The maximum atomic E-state index is 4.69. The van der Waals surface area contributed by atoms with E-state index < -0.39 is 0 Å². The third-order valence-corrected chi connectivity index (χ3v) is 5.91. The summed E-state index contributed by atoms with van der Waals surface area (Å²) in [6.07, 6.45) is 5.32. The first kappa shape index (κ1) is 20.1. The lowest BCUT2D eigenvalue weighted by Crippen LogP contribution is -2.25. The molecule has 4 unspecified atom stereocenters. The molecule has 0 rings (SSSR count). The largest absolute Gasteiger partial charge is 0.179 e. The molecule has 0 N–H and O–H groups in total. The lowest BCUT2D eigenvalue weighted by molar-refractivity contribution is 0.474. The SMILES string of the molecule is CCC(S)CCC(S)CC(C(S)S)C(S)CCS. The van der Waals surface area contributed by atoms with E-state index in [2.05, 4.69) is 82.7 Å². The Kier molecular flexibility index (Phi) is 13.1. The van der Waals surface area contributed by atoms with Gasteiger partial charge in [-0.3, -0.25) is 0 Å². The number of hydrogen-bond acceptors (Lipinski definition) is 6. The van der Waals surface area contributed by atoms with Crippen LogP contribution in [0.25, 0.3) is 0 Å². The molecular formula is C12H26S6. The minimum atomic E-state index is 0.0556. The fourth-order valence-corrected chi connectivity index (χ4v) is 4.22. The molecule has 0 aliphatic heterocycles. The molecule has 18 heavy (non-hydrogen) atoms. The van der Waals surface area contributed by atoms with Gasteiger partial charge in [-0.1, -0.05) is 6.92 Å². The molecule has 0 aromatic rings. The highest BCUT2D eigenvalue weighted by Gasteiger charge is 2.25. The third-order valence-electron chi connectivity index (χ3n) is 3.15. The fraction of sp³-hybridized carbons (Fsp3) is 1.00. The Balaban J connectivity index is 4.15. The van der Waals surface area contributed by atoms with E-state index in [1.54, 1.807) is 0 Å². The summed E-state index contributed by atoms with van der Waals surface area (Å²) in [7, 11) is 0. The Morgan fingerprint density at radius 3 is 1.83 bits per heavy atom. The highest BCUT2D eigenvalue weighted by molar-refractivity contribution is 7.99. The minimum absolute atomic E-state index is 0.0556.